The zero-order valence-corrected chi connectivity index (χ0v) is 12.1. The normalized spacial score (nSPS) is 17.5. The Hall–Kier alpha value is -1.18. The third kappa shape index (κ3) is 6.31. The Balaban J connectivity index is 2.10. The van der Waals surface area contributed by atoms with Gasteiger partial charge in [-0.15, -0.1) is 0 Å². The molecule has 116 valence electrons. The molecule has 0 spiro atoms. The van der Waals surface area contributed by atoms with Crippen molar-refractivity contribution in [1.82, 2.24) is 15.5 Å². The number of aliphatic hydroxyl groups excluding tert-OH is 1. The van der Waals surface area contributed by atoms with Crippen LogP contribution in [0.15, 0.2) is 0 Å². The summed E-state index contributed by atoms with van der Waals surface area (Å²) in [5.74, 6) is -1.32. The Morgan fingerprint density at radius 2 is 2.00 bits per heavy atom. The van der Waals surface area contributed by atoms with E-state index >= 15 is 0 Å². The minimum Gasteiger partial charge on any atom is -0.394 e. The molecule has 20 heavy (non-hydrogen) atoms. The molecule has 0 aromatic heterocycles. The van der Waals surface area contributed by atoms with Crippen LogP contribution in [0.1, 0.15) is 19.8 Å². The predicted octanol–water partition coefficient (Wildman–Crippen LogP) is -1.29. The van der Waals surface area contributed by atoms with Crippen LogP contribution in [0.5, 0.6) is 0 Å². The Morgan fingerprint density at radius 3 is 2.60 bits per heavy atom. The molecule has 1 atom stereocenters. The summed E-state index contributed by atoms with van der Waals surface area (Å²) in [4.78, 5) is 25.3. The van der Waals surface area contributed by atoms with Gasteiger partial charge in [-0.3, -0.25) is 14.5 Å². The average molecular weight is 287 g/mol. The summed E-state index contributed by atoms with van der Waals surface area (Å²) in [7, 11) is 0. The van der Waals surface area contributed by atoms with Crippen molar-refractivity contribution in [1.29, 1.82) is 0 Å². The molecule has 0 unspecified atom stereocenters. The molecule has 0 bridgehead atoms. The molecule has 1 saturated heterocycles. The lowest BCUT2D eigenvalue weighted by molar-refractivity contribution is -0.139. The van der Waals surface area contributed by atoms with Crippen LogP contribution in [0.3, 0.4) is 0 Å². The van der Waals surface area contributed by atoms with E-state index in [1.54, 1.807) is 0 Å². The van der Waals surface area contributed by atoms with Crippen LogP contribution in [-0.4, -0.2) is 73.9 Å². The van der Waals surface area contributed by atoms with Gasteiger partial charge >= 0.3 is 11.8 Å². The first-order chi connectivity index (χ1) is 9.67. The summed E-state index contributed by atoms with van der Waals surface area (Å²) < 4.78 is 5.25. The van der Waals surface area contributed by atoms with Crippen LogP contribution in [0.2, 0.25) is 0 Å². The minimum atomic E-state index is -0.683. The molecule has 1 aliphatic rings. The molecule has 1 heterocycles. The molecule has 0 radical (unpaired) electrons. The number of nitrogens with zero attached hydrogens (tertiary/aromatic N) is 1. The van der Waals surface area contributed by atoms with Crippen LogP contribution in [0, 0.1) is 0 Å². The number of ether oxygens (including phenoxy) is 1. The second-order valence-electron chi connectivity index (χ2n) is 4.82. The fraction of sp³-hybridized carbons (Fsp3) is 0.846. The largest absolute Gasteiger partial charge is 0.394 e. The van der Waals surface area contributed by atoms with E-state index in [1.165, 1.54) is 0 Å². The van der Waals surface area contributed by atoms with Crippen molar-refractivity contribution in [3.63, 3.8) is 0 Å². The summed E-state index contributed by atoms with van der Waals surface area (Å²) in [6.07, 6.45) is 1.39. The van der Waals surface area contributed by atoms with Crippen molar-refractivity contribution in [2.75, 3.05) is 46.0 Å². The Kier molecular flexibility index (Phi) is 8.17. The van der Waals surface area contributed by atoms with Crippen molar-refractivity contribution in [2.24, 2.45) is 0 Å². The third-order valence-corrected chi connectivity index (χ3v) is 3.30. The topological polar surface area (TPSA) is 90.9 Å². The summed E-state index contributed by atoms with van der Waals surface area (Å²) >= 11 is 0. The first-order valence-electron chi connectivity index (χ1n) is 7.17. The molecule has 2 amide bonds. The molecule has 3 N–H and O–H groups in total. The maximum Gasteiger partial charge on any atom is 0.309 e. The summed E-state index contributed by atoms with van der Waals surface area (Å²) in [5, 5.41) is 14.0. The number of carbonyl (C=O) groups is 2. The van der Waals surface area contributed by atoms with Gasteiger partial charge in [-0.1, -0.05) is 6.92 Å². The lowest BCUT2D eigenvalue weighted by Gasteiger charge is -2.26. The number of nitrogens with one attached hydrogen (secondary N) is 2. The Bertz CT molecular complexity index is 302. The van der Waals surface area contributed by atoms with Crippen LogP contribution < -0.4 is 10.6 Å². The number of aliphatic hydroxyl groups is 1. The van der Waals surface area contributed by atoms with Crippen LogP contribution in [0.25, 0.3) is 0 Å². The predicted molar refractivity (Wildman–Crippen MR) is 74.2 cm³/mol. The molecular weight excluding hydrogens is 262 g/mol. The van der Waals surface area contributed by atoms with Crippen molar-refractivity contribution in [3.05, 3.63) is 0 Å². The summed E-state index contributed by atoms with van der Waals surface area (Å²) in [5.41, 5.74) is 0. The lowest BCUT2D eigenvalue weighted by atomic mass is 10.2. The van der Waals surface area contributed by atoms with Gasteiger partial charge in [0.25, 0.3) is 0 Å². The molecule has 7 heteroatoms. The molecule has 1 aliphatic heterocycles. The van der Waals surface area contributed by atoms with E-state index in [-0.39, 0.29) is 12.6 Å². The summed E-state index contributed by atoms with van der Waals surface area (Å²) in [6, 6.07) is -0.360. The number of carbonyl (C=O) groups excluding carboxylic acids is 2. The second kappa shape index (κ2) is 9.68. The average Bonchev–Trinajstić information content (AvgIpc) is 2.49. The highest BCUT2D eigenvalue weighted by Gasteiger charge is 2.16. The standard InChI is InChI=1S/C13H25N3O4/c1-2-11(10-17)15-13(19)12(18)14-4-3-5-16-6-8-20-9-7-16/h11,17H,2-10H2,1H3,(H,14,18)(H,15,19)/t11-/m0/s1. The van der Waals surface area contributed by atoms with E-state index in [0.717, 1.165) is 39.3 Å². The number of morpholine rings is 1. The Labute approximate surface area is 119 Å². The molecule has 0 saturated carbocycles. The zero-order valence-electron chi connectivity index (χ0n) is 12.1. The Morgan fingerprint density at radius 1 is 1.30 bits per heavy atom. The van der Waals surface area contributed by atoms with E-state index in [4.69, 9.17) is 9.84 Å². The van der Waals surface area contributed by atoms with Crippen LogP contribution in [0.4, 0.5) is 0 Å². The van der Waals surface area contributed by atoms with E-state index in [2.05, 4.69) is 15.5 Å². The SMILES string of the molecule is CC[C@@H](CO)NC(=O)C(=O)NCCCN1CCOCC1. The van der Waals surface area contributed by atoms with Gasteiger partial charge in [0.1, 0.15) is 0 Å². The number of hydrogen-bond donors (Lipinski definition) is 3. The maximum atomic E-state index is 11.5. The minimum absolute atomic E-state index is 0.160. The highest BCUT2D eigenvalue weighted by Crippen LogP contribution is 1.97. The highest BCUT2D eigenvalue weighted by molar-refractivity contribution is 6.35. The van der Waals surface area contributed by atoms with E-state index < -0.39 is 11.8 Å². The van der Waals surface area contributed by atoms with E-state index in [9.17, 15) is 9.59 Å². The number of amides is 2. The van der Waals surface area contributed by atoms with E-state index in [1.807, 2.05) is 6.92 Å². The van der Waals surface area contributed by atoms with Gasteiger partial charge in [0, 0.05) is 19.6 Å². The van der Waals surface area contributed by atoms with Gasteiger partial charge in [-0.25, -0.2) is 0 Å². The maximum absolute atomic E-state index is 11.5. The van der Waals surface area contributed by atoms with Gasteiger partial charge in [-0.05, 0) is 19.4 Å². The van der Waals surface area contributed by atoms with Crippen LogP contribution in [-0.2, 0) is 14.3 Å². The first-order valence-corrected chi connectivity index (χ1v) is 7.17. The van der Waals surface area contributed by atoms with E-state index in [0.29, 0.717) is 13.0 Å². The van der Waals surface area contributed by atoms with Crippen LogP contribution >= 0.6 is 0 Å². The summed E-state index contributed by atoms with van der Waals surface area (Å²) in [6.45, 7) is 6.39. The van der Waals surface area contributed by atoms with Crippen molar-refractivity contribution in [3.8, 4) is 0 Å². The van der Waals surface area contributed by atoms with Crippen molar-refractivity contribution >= 4 is 11.8 Å². The van der Waals surface area contributed by atoms with Gasteiger partial charge in [0.2, 0.25) is 0 Å². The quantitative estimate of drug-likeness (QED) is 0.400. The first kappa shape index (κ1) is 16.9. The number of hydrogen-bond acceptors (Lipinski definition) is 5. The third-order valence-electron chi connectivity index (χ3n) is 3.30. The molecular formula is C13H25N3O4. The molecule has 0 aliphatic carbocycles. The zero-order chi connectivity index (χ0) is 14.8. The van der Waals surface area contributed by atoms with Gasteiger partial charge in [0.15, 0.2) is 0 Å². The molecule has 0 aromatic carbocycles. The molecule has 7 nitrogen and oxygen atoms in total. The fourth-order valence-electron chi connectivity index (χ4n) is 1.94. The molecule has 0 aromatic rings. The smallest absolute Gasteiger partial charge is 0.309 e. The molecule has 1 fully saturated rings. The van der Waals surface area contributed by atoms with Crippen molar-refractivity contribution < 1.29 is 19.4 Å². The molecule has 1 rings (SSSR count). The highest BCUT2D eigenvalue weighted by atomic mass is 16.5. The van der Waals surface area contributed by atoms with Gasteiger partial charge in [-0.2, -0.15) is 0 Å². The fourth-order valence-corrected chi connectivity index (χ4v) is 1.94. The number of rotatable bonds is 7. The van der Waals surface area contributed by atoms with Gasteiger partial charge < -0.3 is 20.5 Å². The lowest BCUT2D eigenvalue weighted by Crippen LogP contribution is -2.46. The van der Waals surface area contributed by atoms with Crippen molar-refractivity contribution in [2.45, 2.75) is 25.8 Å². The monoisotopic (exact) mass is 287 g/mol. The van der Waals surface area contributed by atoms with Gasteiger partial charge in [0.05, 0.1) is 25.9 Å². The second-order valence-corrected chi connectivity index (χ2v) is 4.82.